The fourth-order valence-corrected chi connectivity index (χ4v) is 4.31. The minimum absolute atomic E-state index is 0.245. The van der Waals surface area contributed by atoms with Gasteiger partial charge in [0.25, 0.3) is 0 Å². The van der Waals surface area contributed by atoms with Crippen LogP contribution in [0.3, 0.4) is 0 Å². The van der Waals surface area contributed by atoms with E-state index in [1.54, 1.807) is 36.8 Å². The van der Waals surface area contributed by atoms with Crippen molar-refractivity contribution in [3.63, 3.8) is 0 Å². The van der Waals surface area contributed by atoms with E-state index in [4.69, 9.17) is 0 Å². The van der Waals surface area contributed by atoms with Crippen molar-refractivity contribution < 1.29 is 15.3 Å². The summed E-state index contributed by atoms with van der Waals surface area (Å²) in [6, 6.07) is 16.5. The lowest BCUT2D eigenvalue weighted by molar-refractivity contribution is 0.269. The van der Waals surface area contributed by atoms with Crippen LogP contribution in [0, 0.1) is 20.8 Å². The minimum Gasteiger partial charge on any atom is -0.507 e. The van der Waals surface area contributed by atoms with Gasteiger partial charge in [-0.3, -0.25) is 15.0 Å². The van der Waals surface area contributed by atoms with Crippen molar-refractivity contribution in [2.75, 3.05) is 39.3 Å². The Morgan fingerprint density at radius 2 is 0.825 bits per heavy atom. The van der Waals surface area contributed by atoms with E-state index < -0.39 is 0 Å². The molecule has 7 heteroatoms. The number of phenolic OH excluding ortho intramolecular Hbond substituents is 3. The highest BCUT2D eigenvalue weighted by atomic mass is 16.3. The second-order valence-corrected chi connectivity index (χ2v) is 10.2. The first-order valence-electron chi connectivity index (χ1n) is 13.9. The molecular formula is C33H42N4O3. The van der Waals surface area contributed by atoms with Gasteiger partial charge in [0.2, 0.25) is 0 Å². The van der Waals surface area contributed by atoms with Crippen LogP contribution >= 0.6 is 0 Å². The van der Waals surface area contributed by atoms with Gasteiger partial charge in [-0.25, -0.2) is 0 Å². The Hall–Kier alpha value is -3.97. The third-order valence-corrected chi connectivity index (χ3v) is 6.52. The average molecular weight is 543 g/mol. The third kappa shape index (κ3) is 10.7. The van der Waals surface area contributed by atoms with Crippen molar-refractivity contribution in [1.82, 2.24) is 4.90 Å². The fraction of sp³-hybridized carbons (Fsp3) is 0.364. The molecule has 3 rings (SSSR count). The predicted molar refractivity (Wildman–Crippen MR) is 166 cm³/mol. The van der Waals surface area contributed by atoms with Crippen LogP contribution in [0.4, 0.5) is 0 Å². The van der Waals surface area contributed by atoms with Crippen LogP contribution in [-0.4, -0.2) is 78.1 Å². The molecule has 3 aromatic carbocycles. The molecule has 0 aliphatic heterocycles. The maximum atomic E-state index is 10.0. The number of benzene rings is 3. The summed E-state index contributed by atoms with van der Waals surface area (Å²) in [4.78, 5) is 16.0. The Bertz CT molecular complexity index is 1160. The van der Waals surface area contributed by atoms with Crippen molar-refractivity contribution in [1.29, 1.82) is 0 Å². The van der Waals surface area contributed by atoms with Crippen molar-refractivity contribution in [2.45, 2.75) is 40.0 Å². The lowest BCUT2D eigenvalue weighted by atomic mass is 10.1. The Kier molecular flexibility index (Phi) is 12.4. The maximum Gasteiger partial charge on any atom is 0.124 e. The summed E-state index contributed by atoms with van der Waals surface area (Å²) in [5, 5.41) is 30.0. The summed E-state index contributed by atoms with van der Waals surface area (Å²) < 4.78 is 0. The lowest BCUT2D eigenvalue weighted by Crippen LogP contribution is -2.28. The van der Waals surface area contributed by atoms with E-state index in [9.17, 15) is 15.3 Å². The van der Waals surface area contributed by atoms with Gasteiger partial charge in [0.15, 0.2) is 0 Å². The summed E-state index contributed by atoms with van der Waals surface area (Å²) in [7, 11) is 0. The van der Waals surface area contributed by atoms with Crippen LogP contribution in [0.2, 0.25) is 0 Å². The molecule has 0 saturated carbocycles. The second-order valence-electron chi connectivity index (χ2n) is 10.2. The van der Waals surface area contributed by atoms with Gasteiger partial charge >= 0.3 is 0 Å². The minimum atomic E-state index is 0.245. The largest absolute Gasteiger partial charge is 0.507 e. The predicted octanol–water partition coefficient (Wildman–Crippen LogP) is 5.86. The molecule has 0 aliphatic carbocycles. The average Bonchev–Trinajstić information content (AvgIpc) is 2.93. The highest BCUT2D eigenvalue weighted by molar-refractivity contribution is 5.84. The molecule has 212 valence electrons. The summed E-state index contributed by atoms with van der Waals surface area (Å²) >= 11 is 0. The Balaban J connectivity index is 1.49. The second kappa shape index (κ2) is 16.2. The monoisotopic (exact) mass is 542 g/mol. The molecule has 0 heterocycles. The van der Waals surface area contributed by atoms with E-state index in [0.717, 1.165) is 72.3 Å². The standard InChI is InChI=1S/C33H42N4O3/c1-25-7-10-31(38)28(19-25)22-34-13-4-16-37(17-5-14-35-23-29-20-26(2)8-11-32(29)39)18-6-15-36-24-30-21-27(3)9-12-33(30)40/h7-12,19-24,38-40H,4-6,13-18H2,1-3H3. The lowest BCUT2D eigenvalue weighted by Gasteiger charge is -2.21. The van der Waals surface area contributed by atoms with Gasteiger partial charge < -0.3 is 20.2 Å². The number of rotatable bonds is 15. The zero-order valence-corrected chi connectivity index (χ0v) is 23.9. The molecule has 0 spiro atoms. The fourth-order valence-electron chi connectivity index (χ4n) is 4.31. The van der Waals surface area contributed by atoms with Crippen LogP contribution in [0.25, 0.3) is 0 Å². The molecule has 0 amide bonds. The molecule has 0 bridgehead atoms. The summed E-state index contributed by atoms with van der Waals surface area (Å²) in [5.74, 6) is 0.736. The number of nitrogens with zero attached hydrogens (tertiary/aromatic N) is 4. The molecule has 40 heavy (non-hydrogen) atoms. The maximum absolute atomic E-state index is 10.0. The first-order valence-corrected chi connectivity index (χ1v) is 13.9. The van der Waals surface area contributed by atoms with Crippen LogP contribution in [0.1, 0.15) is 52.6 Å². The van der Waals surface area contributed by atoms with E-state index in [2.05, 4.69) is 19.9 Å². The van der Waals surface area contributed by atoms with Gasteiger partial charge in [0.1, 0.15) is 17.2 Å². The van der Waals surface area contributed by atoms with Crippen molar-refractivity contribution >= 4 is 18.6 Å². The topological polar surface area (TPSA) is 101 Å². The van der Waals surface area contributed by atoms with Crippen molar-refractivity contribution in [2.24, 2.45) is 15.0 Å². The first kappa shape index (κ1) is 30.6. The number of hydrogen-bond acceptors (Lipinski definition) is 7. The van der Waals surface area contributed by atoms with E-state index >= 15 is 0 Å². The van der Waals surface area contributed by atoms with Gasteiger partial charge in [-0.2, -0.15) is 0 Å². The molecule has 3 N–H and O–H groups in total. The molecule has 0 saturated heterocycles. The number of aryl methyl sites for hydroxylation is 3. The molecular weight excluding hydrogens is 500 g/mol. The number of aliphatic imine (C=N–C) groups is 3. The number of aromatic hydroxyl groups is 3. The normalized spacial score (nSPS) is 12.0. The Morgan fingerprint density at radius 3 is 1.12 bits per heavy atom. The van der Waals surface area contributed by atoms with Crippen molar-refractivity contribution in [3.8, 4) is 17.2 Å². The molecule has 0 aromatic heterocycles. The molecule has 3 aromatic rings. The van der Waals surface area contributed by atoms with E-state index in [1.165, 1.54) is 0 Å². The molecule has 0 aliphatic rings. The summed E-state index contributed by atoms with van der Waals surface area (Å²) in [6.07, 6.45) is 7.96. The number of phenols is 3. The van der Waals surface area contributed by atoms with Crippen LogP contribution in [0.5, 0.6) is 17.2 Å². The van der Waals surface area contributed by atoms with Gasteiger partial charge in [-0.1, -0.05) is 34.9 Å². The Morgan fingerprint density at radius 1 is 0.525 bits per heavy atom. The van der Waals surface area contributed by atoms with Crippen LogP contribution in [-0.2, 0) is 0 Å². The van der Waals surface area contributed by atoms with E-state index in [-0.39, 0.29) is 17.2 Å². The molecule has 0 fully saturated rings. The highest BCUT2D eigenvalue weighted by Crippen LogP contribution is 2.17. The molecule has 0 unspecified atom stereocenters. The molecule has 0 radical (unpaired) electrons. The van der Waals surface area contributed by atoms with E-state index in [1.807, 2.05) is 57.2 Å². The summed E-state index contributed by atoms with van der Waals surface area (Å²) in [5.41, 5.74) is 5.49. The van der Waals surface area contributed by atoms with Gasteiger partial charge in [-0.15, -0.1) is 0 Å². The zero-order valence-electron chi connectivity index (χ0n) is 23.9. The molecule has 7 nitrogen and oxygen atoms in total. The zero-order chi connectivity index (χ0) is 28.7. The summed E-state index contributed by atoms with van der Waals surface area (Å²) in [6.45, 7) is 10.7. The van der Waals surface area contributed by atoms with Gasteiger partial charge in [0.05, 0.1) is 0 Å². The Labute approximate surface area is 238 Å². The van der Waals surface area contributed by atoms with Crippen molar-refractivity contribution in [3.05, 3.63) is 88.0 Å². The molecule has 0 atom stereocenters. The quantitative estimate of drug-likeness (QED) is 0.165. The highest BCUT2D eigenvalue weighted by Gasteiger charge is 2.05. The first-order chi connectivity index (χ1) is 19.3. The van der Waals surface area contributed by atoms with E-state index in [0.29, 0.717) is 19.6 Å². The number of hydrogen-bond donors (Lipinski definition) is 3. The van der Waals surface area contributed by atoms with Crippen LogP contribution in [0.15, 0.2) is 69.6 Å². The van der Waals surface area contributed by atoms with Gasteiger partial charge in [-0.05, 0) is 96.1 Å². The SMILES string of the molecule is Cc1ccc(O)c(C=NCCCN(CCCN=Cc2cc(C)ccc2O)CCCN=Cc2cc(C)ccc2O)c1. The third-order valence-electron chi connectivity index (χ3n) is 6.52. The van der Waals surface area contributed by atoms with Crippen LogP contribution < -0.4 is 0 Å². The van der Waals surface area contributed by atoms with Gasteiger partial charge in [0, 0.05) is 55.0 Å². The smallest absolute Gasteiger partial charge is 0.124 e.